The number of rotatable bonds is 1. The summed E-state index contributed by atoms with van der Waals surface area (Å²) in [5.74, 6) is 0.938. The number of hydrogen-bond donors (Lipinski definition) is 1. The lowest BCUT2D eigenvalue weighted by Gasteiger charge is -2.20. The third-order valence-electron chi connectivity index (χ3n) is 3.94. The predicted octanol–water partition coefficient (Wildman–Crippen LogP) is 3.86. The molecule has 21 heavy (non-hydrogen) atoms. The highest BCUT2D eigenvalue weighted by atomic mass is 16.5. The van der Waals surface area contributed by atoms with Gasteiger partial charge in [-0.2, -0.15) is 0 Å². The van der Waals surface area contributed by atoms with Gasteiger partial charge in [0, 0.05) is 24.5 Å². The Bertz CT molecular complexity index is 748. The number of benzene rings is 2. The highest BCUT2D eigenvalue weighted by molar-refractivity contribution is 5.86. The van der Waals surface area contributed by atoms with E-state index in [-0.39, 0.29) is 6.23 Å². The molecule has 0 bridgehead atoms. The summed E-state index contributed by atoms with van der Waals surface area (Å²) in [4.78, 5) is 2.15. The lowest BCUT2D eigenvalue weighted by atomic mass is 10.0. The van der Waals surface area contributed by atoms with E-state index in [0.717, 1.165) is 17.1 Å². The lowest BCUT2D eigenvalue weighted by molar-refractivity contribution is 0.280. The Labute approximate surface area is 124 Å². The summed E-state index contributed by atoms with van der Waals surface area (Å²) in [5, 5.41) is 3.27. The van der Waals surface area contributed by atoms with Gasteiger partial charge in [0.05, 0.1) is 5.69 Å². The summed E-state index contributed by atoms with van der Waals surface area (Å²) in [6, 6.07) is 16.4. The van der Waals surface area contributed by atoms with Gasteiger partial charge in [0.1, 0.15) is 5.75 Å². The second kappa shape index (κ2) is 4.70. The zero-order valence-electron chi connectivity index (χ0n) is 11.8. The van der Waals surface area contributed by atoms with Crippen LogP contribution in [0.2, 0.25) is 0 Å². The monoisotopic (exact) mass is 276 g/mol. The summed E-state index contributed by atoms with van der Waals surface area (Å²) in [7, 11) is 2.06. The van der Waals surface area contributed by atoms with Gasteiger partial charge in [0.15, 0.2) is 6.23 Å². The van der Waals surface area contributed by atoms with Crippen molar-refractivity contribution in [2.24, 2.45) is 0 Å². The van der Waals surface area contributed by atoms with Gasteiger partial charge in [-0.15, -0.1) is 0 Å². The van der Waals surface area contributed by atoms with E-state index in [4.69, 9.17) is 4.74 Å². The van der Waals surface area contributed by atoms with Gasteiger partial charge in [0.25, 0.3) is 0 Å². The van der Waals surface area contributed by atoms with Crippen LogP contribution in [-0.2, 0) is 0 Å². The molecule has 0 radical (unpaired) electrons. The van der Waals surface area contributed by atoms with Gasteiger partial charge in [0.2, 0.25) is 0 Å². The Morgan fingerprint density at radius 3 is 2.81 bits per heavy atom. The minimum absolute atomic E-state index is 0.0757. The molecule has 3 heteroatoms. The number of para-hydroxylation sites is 3. The van der Waals surface area contributed by atoms with Gasteiger partial charge in [-0.25, -0.2) is 0 Å². The Morgan fingerprint density at radius 2 is 1.90 bits per heavy atom. The van der Waals surface area contributed by atoms with Crippen molar-refractivity contribution >= 4 is 16.9 Å². The molecule has 1 N–H and O–H groups in total. The van der Waals surface area contributed by atoms with E-state index in [1.54, 1.807) is 0 Å². The van der Waals surface area contributed by atoms with E-state index >= 15 is 0 Å². The van der Waals surface area contributed by atoms with Crippen LogP contribution in [0.25, 0.3) is 5.57 Å². The summed E-state index contributed by atoms with van der Waals surface area (Å²) < 4.78 is 6.03. The number of nitrogens with one attached hydrogen (secondary N) is 1. The van der Waals surface area contributed by atoms with E-state index in [1.165, 1.54) is 11.1 Å². The van der Waals surface area contributed by atoms with Crippen LogP contribution >= 0.6 is 0 Å². The molecule has 3 nitrogen and oxygen atoms in total. The summed E-state index contributed by atoms with van der Waals surface area (Å²) in [6.45, 7) is 0. The normalized spacial score (nSPS) is 20.7. The van der Waals surface area contributed by atoms with E-state index in [2.05, 4.69) is 53.7 Å². The summed E-state index contributed by atoms with van der Waals surface area (Å²) >= 11 is 0. The van der Waals surface area contributed by atoms with Crippen molar-refractivity contribution in [3.05, 3.63) is 72.4 Å². The average molecular weight is 276 g/mol. The number of fused-ring (bicyclic) bond motifs is 2. The number of likely N-dealkylation sites (N-methyl/N-ethyl adjacent to an activating group) is 1. The third kappa shape index (κ3) is 1.98. The van der Waals surface area contributed by atoms with Crippen molar-refractivity contribution in [3.63, 3.8) is 0 Å². The molecular weight excluding hydrogens is 260 g/mol. The fourth-order valence-corrected chi connectivity index (χ4v) is 2.81. The number of nitrogens with zero attached hydrogens (tertiary/aromatic N) is 1. The topological polar surface area (TPSA) is 24.5 Å². The van der Waals surface area contributed by atoms with Crippen LogP contribution in [0.4, 0.5) is 11.4 Å². The molecule has 2 aromatic rings. The molecule has 1 unspecified atom stereocenters. The van der Waals surface area contributed by atoms with Gasteiger partial charge in [-0.1, -0.05) is 30.3 Å². The smallest absolute Gasteiger partial charge is 0.192 e. The molecule has 2 aliphatic heterocycles. The highest BCUT2D eigenvalue weighted by Gasteiger charge is 2.26. The molecule has 2 heterocycles. The molecule has 1 atom stereocenters. The van der Waals surface area contributed by atoms with Crippen molar-refractivity contribution in [1.29, 1.82) is 0 Å². The SMILES string of the molecule is CN1c2ccccc2OC1C=C1C=CNc2ccccc21. The minimum Gasteiger partial charge on any atom is -0.465 e. The molecule has 2 aliphatic rings. The van der Waals surface area contributed by atoms with Crippen molar-refractivity contribution in [2.45, 2.75) is 6.23 Å². The summed E-state index contributed by atoms with van der Waals surface area (Å²) in [5.41, 5.74) is 4.64. The second-order valence-electron chi connectivity index (χ2n) is 5.23. The van der Waals surface area contributed by atoms with Crippen molar-refractivity contribution in [3.8, 4) is 5.75 Å². The molecule has 0 saturated heterocycles. The molecule has 0 fully saturated rings. The van der Waals surface area contributed by atoms with E-state index < -0.39 is 0 Å². The largest absolute Gasteiger partial charge is 0.465 e. The van der Waals surface area contributed by atoms with E-state index in [9.17, 15) is 0 Å². The predicted molar refractivity (Wildman–Crippen MR) is 86.4 cm³/mol. The van der Waals surface area contributed by atoms with Crippen LogP contribution < -0.4 is 15.0 Å². The van der Waals surface area contributed by atoms with Crippen LogP contribution in [0.1, 0.15) is 5.56 Å². The lowest BCUT2D eigenvalue weighted by Crippen LogP contribution is -2.29. The average Bonchev–Trinajstić information content (AvgIpc) is 2.85. The zero-order chi connectivity index (χ0) is 14.2. The fourth-order valence-electron chi connectivity index (χ4n) is 2.81. The Morgan fingerprint density at radius 1 is 1.10 bits per heavy atom. The van der Waals surface area contributed by atoms with Crippen molar-refractivity contribution in [1.82, 2.24) is 0 Å². The van der Waals surface area contributed by atoms with E-state index in [1.807, 2.05) is 30.5 Å². The molecule has 0 aromatic heterocycles. The molecule has 4 rings (SSSR count). The van der Waals surface area contributed by atoms with Crippen LogP contribution in [0.15, 0.2) is 66.9 Å². The number of hydrogen-bond acceptors (Lipinski definition) is 3. The third-order valence-corrected chi connectivity index (χ3v) is 3.94. The Balaban J connectivity index is 1.71. The van der Waals surface area contributed by atoms with Gasteiger partial charge < -0.3 is 15.0 Å². The number of ether oxygens (including phenoxy) is 1. The van der Waals surface area contributed by atoms with E-state index in [0.29, 0.717) is 0 Å². The van der Waals surface area contributed by atoms with Gasteiger partial charge >= 0.3 is 0 Å². The molecular formula is C18H16N2O. The first-order chi connectivity index (χ1) is 10.3. The molecule has 0 amide bonds. The molecule has 2 aromatic carbocycles. The maximum absolute atomic E-state index is 6.03. The standard InChI is InChI=1S/C18H16N2O/c1-20-16-8-4-5-9-17(16)21-18(20)12-13-10-11-19-15-7-3-2-6-14(13)15/h2-12,18-19H,1H3. The molecule has 0 saturated carbocycles. The fraction of sp³-hybridized carbons (Fsp3) is 0.111. The van der Waals surface area contributed by atoms with Gasteiger partial charge in [-0.05, 0) is 35.9 Å². The molecule has 0 aliphatic carbocycles. The first kappa shape index (κ1) is 12.1. The van der Waals surface area contributed by atoms with Crippen LogP contribution in [0.5, 0.6) is 5.75 Å². The first-order valence-electron chi connectivity index (χ1n) is 7.06. The number of anilines is 2. The maximum atomic E-state index is 6.03. The highest BCUT2D eigenvalue weighted by Crippen LogP contribution is 2.37. The first-order valence-corrected chi connectivity index (χ1v) is 7.06. The van der Waals surface area contributed by atoms with Crippen LogP contribution in [-0.4, -0.2) is 13.3 Å². The Hall–Kier alpha value is -2.68. The maximum Gasteiger partial charge on any atom is 0.192 e. The van der Waals surface area contributed by atoms with Crippen molar-refractivity contribution < 1.29 is 4.74 Å². The molecule has 104 valence electrons. The van der Waals surface area contributed by atoms with Crippen molar-refractivity contribution in [2.75, 3.05) is 17.3 Å². The van der Waals surface area contributed by atoms with Crippen LogP contribution in [0.3, 0.4) is 0 Å². The van der Waals surface area contributed by atoms with Gasteiger partial charge in [-0.3, -0.25) is 0 Å². The van der Waals surface area contributed by atoms with Crippen LogP contribution in [0, 0.1) is 0 Å². The quantitative estimate of drug-likeness (QED) is 0.856. The summed E-state index contributed by atoms with van der Waals surface area (Å²) in [6.07, 6.45) is 6.14. The zero-order valence-corrected chi connectivity index (χ0v) is 11.8. The Kier molecular flexibility index (Phi) is 2.71. The second-order valence-corrected chi connectivity index (χ2v) is 5.23. The minimum atomic E-state index is -0.0757. The number of allylic oxidation sites excluding steroid dienone is 2. The molecule has 0 spiro atoms.